The quantitative estimate of drug-likeness (QED) is 0.740. The van der Waals surface area contributed by atoms with E-state index in [1.54, 1.807) is 11.3 Å². The summed E-state index contributed by atoms with van der Waals surface area (Å²) in [5, 5.41) is 1.55. The summed E-state index contributed by atoms with van der Waals surface area (Å²) in [4.78, 5) is 11.3. The van der Waals surface area contributed by atoms with Crippen LogP contribution < -0.4 is 0 Å². The molecular formula is C16H21ClN2OS. The predicted molar refractivity (Wildman–Crippen MR) is 88.1 cm³/mol. The van der Waals surface area contributed by atoms with Gasteiger partial charge in [0.25, 0.3) is 0 Å². The van der Waals surface area contributed by atoms with Gasteiger partial charge in [-0.25, -0.2) is 9.97 Å². The van der Waals surface area contributed by atoms with Crippen molar-refractivity contribution in [1.29, 1.82) is 0 Å². The van der Waals surface area contributed by atoms with Crippen molar-refractivity contribution in [3.63, 3.8) is 0 Å². The van der Waals surface area contributed by atoms with Crippen LogP contribution in [0.25, 0.3) is 10.2 Å². The van der Waals surface area contributed by atoms with Crippen molar-refractivity contribution in [2.75, 3.05) is 0 Å². The molecule has 2 heterocycles. The van der Waals surface area contributed by atoms with Crippen molar-refractivity contribution in [2.24, 2.45) is 5.92 Å². The van der Waals surface area contributed by atoms with Gasteiger partial charge in [-0.1, -0.05) is 31.4 Å². The van der Waals surface area contributed by atoms with Gasteiger partial charge in [-0.3, -0.25) is 0 Å². The highest BCUT2D eigenvalue weighted by atomic mass is 35.5. The molecule has 0 radical (unpaired) electrons. The second kappa shape index (κ2) is 6.19. The third-order valence-corrected chi connectivity index (χ3v) is 5.86. The van der Waals surface area contributed by atoms with Crippen molar-refractivity contribution in [3.05, 3.63) is 21.4 Å². The van der Waals surface area contributed by atoms with Crippen LogP contribution >= 0.6 is 22.9 Å². The summed E-state index contributed by atoms with van der Waals surface area (Å²) in [6.07, 6.45) is 5.33. The Kier molecular flexibility index (Phi) is 4.48. The zero-order chi connectivity index (χ0) is 15.0. The van der Waals surface area contributed by atoms with Crippen LogP contribution in [0.5, 0.6) is 0 Å². The fourth-order valence-corrected chi connectivity index (χ4v) is 4.45. The Bertz CT molecular complexity index is 655. The van der Waals surface area contributed by atoms with Gasteiger partial charge in [0.05, 0.1) is 11.5 Å². The standard InChI is InChI=1S/C16H21ClN2OS/c1-9-6-4-5-7-12(9)20-8-13-18-15(17)14-10(2)11(3)21-16(14)19-13/h9,12H,4-8H2,1-3H3. The van der Waals surface area contributed by atoms with Crippen molar-refractivity contribution in [2.45, 2.75) is 59.2 Å². The molecular weight excluding hydrogens is 304 g/mol. The van der Waals surface area contributed by atoms with E-state index in [0.29, 0.717) is 29.6 Å². The molecule has 2 aromatic rings. The van der Waals surface area contributed by atoms with Crippen molar-refractivity contribution in [3.8, 4) is 0 Å². The molecule has 0 spiro atoms. The molecule has 2 atom stereocenters. The van der Waals surface area contributed by atoms with Gasteiger partial charge in [-0.05, 0) is 38.2 Å². The van der Waals surface area contributed by atoms with Crippen LogP contribution in [0.1, 0.15) is 48.9 Å². The molecule has 1 fully saturated rings. The Labute approximate surface area is 134 Å². The summed E-state index contributed by atoms with van der Waals surface area (Å²) in [5.41, 5.74) is 1.19. The van der Waals surface area contributed by atoms with Crippen LogP contribution in [-0.2, 0) is 11.3 Å². The molecule has 2 unspecified atom stereocenters. The number of fused-ring (bicyclic) bond motifs is 1. The van der Waals surface area contributed by atoms with Crippen LogP contribution in [0.15, 0.2) is 0 Å². The summed E-state index contributed by atoms with van der Waals surface area (Å²) < 4.78 is 6.04. The number of aromatic nitrogens is 2. The Balaban J connectivity index is 1.78. The van der Waals surface area contributed by atoms with Gasteiger partial charge in [-0.15, -0.1) is 11.3 Å². The Morgan fingerprint density at radius 2 is 2.00 bits per heavy atom. The zero-order valence-corrected chi connectivity index (χ0v) is 14.4. The maximum Gasteiger partial charge on any atom is 0.157 e. The molecule has 0 saturated heterocycles. The SMILES string of the molecule is Cc1sc2nc(COC3CCCCC3C)nc(Cl)c2c1C. The first-order chi connectivity index (χ1) is 10.1. The topological polar surface area (TPSA) is 35.0 Å². The van der Waals surface area contributed by atoms with E-state index in [9.17, 15) is 0 Å². The minimum absolute atomic E-state index is 0.337. The van der Waals surface area contributed by atoms with E-state index in [0.717, 1.165) is 16.6 Å². The normalized spacial score (nSPS) is 22.9. The van der Waals surface area contributed by atoms with Gasteiger partial charge in [0.15, 0.2) is 5.82 Å². The highest BCUT2D eigenvalue weighted by Crippen LogP contribution is 2.33. The monoisotopic (exact) mass is 324 g/mol. The molecule has 5 heteroatoms. The second-order valence-corrected chi connectivity index (χ2v) is 7.57. The summed E-state index contributed by atoms with van der Waals surface area (Å²) in [5.74, 6) is 1.33. The largest absolute Gasteiger partial charge is 0.370 e. The minimum atomic E-state index is 0.337. The van der Waals surface area contributed by atoms with E-state index >= 15 is 0 Å². The fourth-order valence-electron chi connectivity index (χ4n) is 3.02. The lowest BCUT2D eigenvalue weighted by molar-refractivity contribution is -0.0181. The second-order valence-electron chi connectivity index (χ2n) is 6.01. The molecule has 0 bridgehead atoms. The smallest absolute Gasteiger partial charge is 0.157 e. The van der Waals surface area contributed by atoms with Gasteiger partial charge in [-0.2, -0.15) is 0 Å². The lowest BCUT2D eigenvalue weighted by Crippen LogP contribution is -2.25. The molecule has 2 aromatic heterocycles. The van der Waals surface area contributed by atoms with Gasteiger partial charge < -0.3 is 4.74 Å². The molecule has 0 aliphatic heterocycles. The number of ether oxygens (including phenoxy) is 1. The number of hydrogen-bond donors (Lipinski definition) is 0. The summed E-state index contributed by atoms with van der Waals surface area (Å²) in [6, 6.07) is 0. The van der Waals surface area contributed by atoms with Gasteiger partial charge in [0, 0.05) is 4.88 Å². The molecule has 0 amide bonds. The van der Waals surface area contributed by atoms with Crippen LogP contribution in [0.3, 0.4) is 0 Å². The van der Waals surface area contributed by atoms with Gasteiger partial charge >= 0.3 is 0 Å². The van der Waals surface area contributed by atoms with E-state index < -0.39 is 0 Å². The number of aryl methyl sites for hydroxylation is 2. The van der Waals surface area contributed by atoms with E-state index in [1.165, 1.54) is 29.7 Å². The zero-order valence-electron chi connectivity index (χ0n) is 12.8. The predicted octanol–water partition coefficient (Wildman–Crippen LogP) is 5.06. The van der Waals surface area contributed by atoms with E-state index in [1.807, 2.05) is 0 Å². The first-order valence-electron chi connectivity index (χ1n) is 7.60. The highest BCUT2D eigenvalue weighted by Gasteiger charge is 2.22. The molecule has 114 valence electrons. The molecule has 0 N–H and O–H groups in total. The maximum atomic E-state index is 6.33. The van der Waals surface area contributed by atoms with E-state index in [2.05, 4.69) is 30.7 Å². The van der Waals surface area contributed by atoms with E-state index in [-0.39, 0.29) is 0 Å². The van der Waals surface area contributed by atoms with Gasteiger partial charge in [0.2, 0.25) is 0 Å². The lowest BCUT2D eigenvalue weighted by Gasteiger charge is -2.28. The van der Waals surface area contributed by atoms with Crippen molar-refractivity contribution < 1.29 is 4.74 Å². The first kappa shape index (κ1) is 15.2. The van der Waals surface area contributed by atoms with Crippen molar-refractivity contribution >= 4 is 33.2 Å². The van der Waals surface area contributed by atoms with Crippen LogP contribution in [0.4, 0.5) is 0 Å². The molecule has 21 heavy (non-hydrogen) atoms. The molecule has 1 saturated carbocycles. The van der Waals surface area contributed by atoms with Crippen LogP contribution in [0.2, 0.25) is 5.15 Å². The summed E-state index contributed by atoms with van der Waals surface area (Å²) in [7, 11) is 0. The third kappa shape index (κ3) is 3.08. The molecule has 3 nitrogen and oxygen atoms in total. The molecule has 1 aliphatic carbocycles. The average Bonchev–Trinajstić information content (AvgIpc) is 2.73. The molecule has 1 aliphatic rings. The molecule has 0 aromatic carbocycles. The molecule has 3 rings (SSSR count). The average molecular weight is 325 g/mol. The van der Waals surface area contributed by atoms with E-state index in [4.69, 9.17) is 16.3 Å². The number of halogens is 1. The lowest BCUT2D eigenvalue weighted by atomic mass is 9.88. The highest BCUT2D eigenvalue weighted by molar-refractivity contribution is 7.18. The third-order valence-electron chi connectivity index (χ3n) is 4.49. The fraction of sp³-hybridized carbons (Fsp3) is 0.625. The van der Waals surface area contributed by atoms with Gasteiger partial charge in [0.1, 0.15) is 16.6 Å². The Hall–Kier alpha value is -0.710. The van der Waals surface area contributed by atoms with Crippen LogP contribution in [-0.4, -0.2) is 16.1 Å². The van der Waals surface area contributed by atoms with Crippen molar-refractivity contribution in [1.82, 2.24) is 9.97 Å². The number of thiophene rings is 1. The number of rotatable bonds is 3. The Morgan fingerprint density at radius 1 is 1.24 bits per heavy atom. The van der Waals surface area contributed by atoms with Crippen LogP contribution in [0, 0.1) is 19.8 Å². The minimum Gasteiger partial charge on any atom is -0.370 e. The Morgan fingerprint density at radius 3 is 2.76 bits per heavy atom. The number of nitrogens with zero attached hydrogens (tertiary/aromatic N) is 2. The summed E-state index contributed by atoms with van der Waals surface area (Å²) >= 11 is 8.01. The number of hydrogen-bond acceptors (Lipinski definition) is 4. The maximum absolute atomic E-state index is 6.33. The first-order valence-corrected chi connectivity index (χ1v) is 8.79. The summed E-state index contributed by atoms with van der Waals surface area (Å²) in [6.45, 7) is 6.90.